The van der Waals surface area contributed by atoms with Crippen LogP contribution in [0, 0.1) is 6.92 Å². The van der Waals surface area contributed by atoms with Gasteiger partial charge in [-0.25, -0.2) is 0 Å². The van der Waals surface area contributed by atoms with Gasteiger partial charge in [0.25, 0.3) is 5.91 Å². The molecule has 1 fully saturated rings. The van der Waals surface area contributed by atoms with Crippen LogP contribution in [-0.2, 0) is 18.5 Å². The normalized spacial score (nSPS) is 18.7. The van der Waals surface area contributed by atoms with E-state index < -0.39 is 5.54 Å². The lowest BCUT2D eigenvalue weighted by Gasteiger charge is -2.26. The van der Waals surface area contributed by atoms with E-state index in [1.165, 1.54) is 0 Å². The minimum absolute atomic E-state index is 0. The van der Waals surface area contributed by atoms with Crippen LogP contribution >= 0.6 is 12.4 Å². The van der Waals surface area contributed by atoms with Gasteiger partial charge in [0.1, 0.15) is 5.54 Å². The Labute approximate surface area is 145 Å². The highest BCUT2D eigenvalue weighted by Gasteiger charge is 2.42. The number of H-pyrrole nitrogens is 1. The highest BCUT2D eigenvalue weighted by atomic mass is 35.5. The van der Waals surface area contributed by atoms with Crippen LogP contribution in [-0.4, -0.2) is 32.8 Å². The number of carbonyl (C=O) groups excluding carboxylic acids is 1. The number of rotatable bonds is 3. The van der Waals surface area contributed by atoms with E-state index in [4.69, 9.17) is 4.52 Å². The molecule has 9 heteroatoms. The number of nitrogens with zero attached hydrogens (tertiary/aromatic N) is 3. The summed E-state index contributed by atoms with van der Waals surface area (Å²) in [6.07, 6.45) is 4.58. The van der Waals surface area contributed by atoms with Gasteiger partial charge in [-0.2, -0.15) is 10.1 Å². The van der Waals surface area contributed by atoms with Crippen molar-refractivity contribution in [2.45, 2.75) is 51.1 Å². The Bertz CT molecular complexity index is 734. The molecule has 130 valence electrons. The average Bonchev–Trinajstić information content (AvgIpc) is 3.26. The van der Waals surface area contributed by atoms with Crippen LogP contribution in [0.4, 0.5) is 0 Å². The topological polar surface area (TPSA) is 109 Å². The summed E-state index contributed by atoms with van der Waals surface area (Å²) in [4.78, 5) is 17.2. The first-order valence-corrected chi connectivity index (χ1v) is 8.08. The largest absolute Gasteiger partial charge is 0.340 e. The lowest BCUT2D eigenvalue weighted by atomic mass is 9.95. The molecule has 3 N–H and O–H groups in total. The summed E-state index contributed by atoms with van der Waals surface area (Å²) in [6.45, 7) is 3.34. The predicted molar refractivity (Wildman–Crippen MR) is 87.9 cm³/mol. The van der Waals surface area contributed by atoms with Crippen molar-refractivity contribution in [3.63, 3.8) is 0 Å². The van der Waals surface area contributed by atoms with E-state index in [1.54, 1.807) is 6.92 Å². The zero-order valence-corrected chi connectivity index (χ0v) is 14.3. The lowest BCUT2D eigenvalue weighted by molar-refractivity contribution is 0.0885. The van der Waals surface area contributed by atoms with Crippen LogP contribution < -0.4 is 10.6 Å². The number of hydrogen-bond acceptors (Lipinski definition) is 6. The van der Waals surface area contributed by atoms with Gasteiger partial charge in [-0.3, -0.25) is 9.89 Å². The Morgan fingerprint density at radius 1 is 1.33 bits per heavy atom. The second kappa shape index (κ2) is 6.52. The number of aryl methyl sites for hydroxylation is 1. The molecule has 24 heavy (non-hydrogen) atoms. The van der Waals surface area contributed by atoms with Gasteiger partial charge in [0, 0.05) is 37.7 Å². The highest BCUT2D eigenvalue weighted by molar-refractivity contribution is 5.94. The molecular weight excluding hydrogens is 332 g/mol. The Kier molecular flexibility index (Phi) is 4.60. The van der Waals surface area contributed by atoms with Gasteiger partial charge < -0.3 is 15.2 Å². The summed E-state index contributed by atoms with van der Waals surface area (Å²) >= 11 is 0. The molecule has 0 radical (unpaired) electrons. The molecule has 4 rings (SSSR count). The number of fused-ring (bicyclic) bond motifs is 1. The third-order valence-electron chi connectivity index (χ3n) is 4.79. The van der Waals surface area contributed by atoms with Gasteiger partial charge >= 0.3 is 0 Å². The molecular formula is C15H21ClN6O2. The van der Waals surface area contributed by atoms with Gasteiger partial charge in [0.05, 0.1) is 0 Å². The van der Waals surface area contributed by atoms with Gasteiger partial charge in [-0.05, 0) is 12.8 Å². The van der Waals surface area contributed by atoms with Crippen molar-refractivity contribution < 1.29 is 9.32 Å². The van der Waals surface area contributed by atoms with Crippen molar-refractivity contribution in [1.29, 1.82) is 0 Å². The van der Waals surface area contributed by atoms with E-state index in [0.29, 0.717) is 24.0 Å². The summed E-state index contributed by atoms with van der Waals surface area (Å²) in [6, 6.07) is 0. The molecule has 0 aromatic carbocycles. The van der Waals surface area contributed by atoms with Crippen molar-refractivity contribution in [2.24, 2.45) is 0 Å². The lowest BCUT2D eigenvalue weighted by Crippen LogP contribution is -2.45. The molecule has 0 saturated heterocycles. The van der Waals surface area contributed by atoms with Crippen molar-refractivity contribution in [1.82, 2.24) is 31.0 Å². The van der Waals surface area contributed by atoms with Gasteiger partial charge in [0.15, 0.2) is 11.5 Å². The molecule has 0 atom stereocenters. The minimum atomic E-state index is -0.539. The molecule has 1 aliphatic heterocycles. The summed E-state index contributed by atoms with van der Waals surface area (Å²) in [5.74, 6) is 0.917. The molecule has 1 aliphatic carbocycles. The molecule has 0 spiro atoms. The maximum absolute atomic E-state index is 12.8. The Morgan fingerprint density at radius 3 is 2.83 bits per heavy atom. The Morgan fingerprint density at radius 2 is 2.12 bits per heavy atom. The zero-order valence-electron chi connectivity index (χ0n) is 13.5. The maximum atomic E-state index is 12.8. The van der Waals surface area contributed by atoms with E-state index in [1.807, 2.05) is 0 Å². The fourth-order valence-corrected chi connectivity index (χ4v) is 3.57. The van der Waals surface area contributed by atoms with Crippen LogP contribution in [0.3, 0.4) is 0 Å². The molecule has 1 amide bonds. The number of halogens is 1. The van der Waals surface area contributed by atoms with Gasteiger partial charge in [-0.15, -0.1) is 12.4 Å². The van der Waals surface area contributed by atoms with Crippen LogP contribution in [0.5, 0.6) is 0 Å². The molecule has 0 bridgehead atoms. The molecule has 0 unspecified atom stereocenters. The first-order chi connectivity index (χ1) is 11.2. The Balaban J connectivity index is 0.00000169. The highest BCUT2D eigenvalue weighted by Crippen LogP contribution is 2.37. The summed E-state index contributed by atoms with van der Waals surface area (Å²) < 4.78 is 5.12. The number of hydrogen-bond donors (Lipinski definition) is 3. The fraction of sp³-hybridized carbons (Fsp3) is 0.600. The zero-order chi connectivity index (χ0) is 15.9. The van der Waals surface area contributed by atoms with Gasteiger partial charge in [-0.1, -0.05) is 18.0 Å². The average molecular weight is 353 g/mol. The SMILES string of the molecule is Cc1nc(C2(NC(=O)c3n[nH]c4c3CNCC4)CCCC2)no1.Cl. The fourth-order valence-electron chi connectivity index (χ4n) is 3.57. The van der Waals surface area contributed by atoms with E-state index in [-0.39, 0.29) is 18.3 Å². The van der Waals surface area contributed by atoms with E-state index in [2.05, 4.69) is 31.0 Å². The smallest absolute Gasteiger partial charge is 0.272 e. The summed E-state index contributed by atoms with van der Waals surface area (Å²) in [5, 5.41) is 17.7. The van der Waals surface area contributed by atoms with E-state index in [0.717, 1.165) is 49.9 Å². The summed E-state index contributed by atoms with van der Waals surface area (Å²) in [7, 11) is 0. The number of aromatic nitrogens is 4. The standard InChI is InChI=1S/C15H20N6O2.ClH/c1-9-17-14(21-23-9)15(5-2-3-6-15)18-13(22)12-10-8-16-7-4-11(10)19-20-12;/h16H,2-8H2,1H3,(H,18,22)(H,19,20);1H. The molecule has 2 aliphatic rings. The number of carbonyl (C=O) groups is 1. The van der Waals surface area contributed by atoms with Crippen molar-refractivity contribution in [2.75, 3.05) is 6.54 Å². The Hall–Kier alpha value is -1.93. The second-order valence-electron chi connectivity index (χ2n) is 6.34. The third-order valence-corrected chi connectivity index (χ3v) is 4.79. The van der Waals surface area contributed by atoms with Crippen LogP contribution in [0.15, 0.2) is 4.52 Å². The van der Waals surface area contributed by atoms with Gasteiger partial charge in [0.2, 0.25) is 5.89 Å². The first-order valence-electron chi connectivity index (χ1n) is 8.08. The number of nitrogens with one attached hydrogen (secondary N) is 3. The first kappa shape index (κ1) is 16.9. The molecule has 2 aromatic rings. The second-order valence-corrected chi connectivity index (χ2v) is 6.34. The van der Waals surface area contributed by atoms with Crippen molar-refractivity contribution >= 4 is 18.3 Å². The molecule has 3 heterocycles. The monoisotopic (exact) mass is 352 g/mol. The third kappa shape index (κ3) is 2.80. The number of amides is 1. The van der Waals surface area contributed by atoms with Crippen molar-refractivity contribution in [3.05, 3.63) is 28.7 Å². The number of aromatic amines is 1. The maximum Gasteiger partial charge on any atom is 0.272 e. The van der Waals surface area contributed by atoms with Crippen LogP contribution in [0.25, 0.3) is 0 Å². The minimum Gasteiger partial charge on any atom is -0.340 e. The quantitative estimate of drug-likeness (QED) is 0.769. The summed E-state index contributed by atoms with van der Waals surface area (Å²) in [5.41, 5.74) is 1.94. The molecule has 8 nitrogen and oxygen atoms in total. The predicted octanol–water partition coefficient (Wildman–Crippen LogP) is 1.37. The van der Waals surface area contributed by atoms with E-state index in [9.17, 15) is 4.79 Å². The van der Waals surface area contributed by atoms with E-state index >= 15 is 0 Å². The van der Waals surface area contributed by atoms with Crippen molar-refractivity contribution in [3.8, 4) is 0 Å². The molecule has 2 aromatic heterocycles. The molecule has 1 saturated carbocycles. The van der Waals surface area contributed by atoms with Crippen LogP contribution in [0.2, 0.25) is 0 Å². The van der Waals surface area contributed by atoms with Crippen LogP contribution in [0.1, 0.15) is 59.1 Å².